The van der Waals surface area contributed by atoms with Gasteiger partial charge in [0.25, 0.3) is 5.91 Å². The van der Waals surface area contributed by atoms with E-state index < -0.39 is 36.5 Å². The van der Waals surface area contributed by atoms with Crippen molar-refractivity contribution >= 4 is 34.4 Å². The van der Waals surface area contributed by atoms with E-state index >= 15 is 0 Å². The number of aromatic nitrogens is 1. The number of rotatable bonds is 10. The van der Waals surface area contributed by atoms with Crippen molar-refractivity contribution in [2.45, 2.75) is 25.6 Å². The highest BCUT2D eigenvalue weighted by Gasteiger charge is 2.23. The number of likely N-dealkylation sites (tertiary alicyclic amines) is 1. The summed E-state index contributed by atoms with van der Waals surface area (Å²) in [5.74, 6) is -3.04. The number of anilines is 1. The van der Waals surface area contributed by atoms with E-state index in [-0.39, 0.29) is 27.6 Å². The summed E-state index contributed by atoms with van der Waals surface area (Å²) in [6.07, 6.45) is 0.353. The van der Waals surface area contributed by atoms with Gasteiger partial charge < -0.3 is 25.8 Å². The van der Waals surface area contributed by atoms with Crippen LogP contribution in [0.15, 0.2) is 18.2 Å². The standard InChI is InChI=1S/C20H23F2N5O5S/c21-13-4-7-27(9-13)6-1-5-24-20(31)25-18-15(16(23)28)17(26-33-18)32-10-12-8-11(19(29)30)2-3-14(12)22/h2-3,8,13H,1,4-7,9-10H2,(H2,23,28)(H,29,30)(H2,24,25,31)/t13-/m0/s1. The molecule has 1 aromatic carbocycles. The molecule has 3 amide bonds. The van der Waals surface area contributed by atoms with E-state index in [4.69, 9.17) is 15.6 Å². The van der Waals surface area contributed by atoms with Crippen LogP contribution in [0.4, 0.5) is 18.6 Å². The number of aromatic carboxylic acids is 1. The summed E-state index contributed by atoms with van der Waals surface area (Å²) in [5, 5.41) is 14.2. The van der Waals surface area contributed by atoms with Crippen molar-refractivity contribution in [3.8, 4) is 5.88 Å². The number of nitrogens with one attached hydrogen (secondary N) is 2. The molecular weight excluding hydrogens is 460 g/mol. The molecule has 0 spiro atoms. The first-order chi connectivity index (χ1) is 15.7. The molecule has 2 heterocycles. The monoisotopic (exact) mass is 483 g/mol. The lowest BCUT2D eigenvalue weighted by Gasteiger charge is -2.14. The van der Waals surface area contributed by atoms with Crippen molar-refractivity contribution in [1.29, 1.82) is 0 Å². The van der Waals surface area contributed by atoms with Crippen molar-refractivity contribution in [3.05, 3.63) is 40.7 Å². The number of carboxylic acid groups (broad SMARTS) is 1. The van der Waals surface area contributed by atoms with Gasteiger partial charge in [-0.3, -0.25) is 10.1 Å². The molecule has 1 atom stereocenters. The third-order valence-electron chi connectivity index (χ3n) is 4.94. The van der Waals surface area contributed by atoms with Gasteiger partial charge in [0, 0.05) is 25.2 Å². The molecule has 5 N–H and O–H groups in total. The first-order valence-electron chi connectivity index (χ1n) is 10.1. The number of carbonyl (C=O) groups excluding carboxylic acids is 2. The highest BCUT2D eigenvalue weighted by atomic mass is 32.1. The maximum absolute atomic E-state index is 14.0. The second-order valence-corrected chi connectivity index (χ2v) is 8.15. The van der Waals surface area contributed by atoms with Crippen molar-refractivity contribution in [2.24, 2.45) is 5.73 Å². The number of alkyl halides is 1. The third kappa shape index (κ3) is 6.58. The Morgan fingerprint density at radius 2 is 2.15 bits per heavy atom. The summed E-state index contributed by atoms with van der Waals surface area (Å²) in [4.78, 5) is 37.1. The maximum Gasteiger partial charge on any atom is 0.335 e. The number of benzene rings is 1. The molecule has 0 radical (unpaired) electrons. The Labute approximate surface area is 191 Å². The average Bonchev–Trinajstić information content (AvgIpc) is 3.36. The summed E-state index contributed by atoms with van der Waals surface area (Å²) in [7, 11) is 0. The van der Waals surface area contributed by atoms with Crippen molar-refractivity contribution in [3.63, 3.8) is 0 Å². The molecule has 0 saturated carbocycles. The average molecular weight is 483 g/mol. The van der Waals surface area contributed by atoms with Crippen LogP contribution in [0, 0.1) is 5.82 Å². The molecule has 0 aliphatic carbocycles. The predicted molar refractivity (Wildman–Crippen MR) is 116 cm³/mol. The number of amides is 3. The van der Waals surface area contributed by atoms with Crippen molar-refractivity contribution in [2.75, 3.05) is 31.5 Å². The molecule has 2 aromatic rings. The molecule has 178 valence electrons. The minimum atomic E-state index is -1.23. The highest BCUT2D eigenvalue weighted by molar-refractivity contribution is 7.11. The normalized spacial score (nSPS) is 15.9. The van der Waals surface area contributed by atoms with Crippen LogP contribution in [0.25, 0.3) is 0 Å². The molecule has 1 fully saturated rings. The van der Waals surface area contributed by atoms with Crippen LogP contribution >= 0.6 is 11.5 Å². The minimum Gasteiger partial charge on any atom is -0.478 e. The van der Waals surface area contributed by atoms with E-state index in [9.17, 15) is 23.2 Å². The molecule has 33 heavy (non-hydrogen) atoms. The Kier molecular flexibility index (Phi) is 8.11. The van der Waals surface area contributed by atoms with E-state index in [2.05, 4.69) is 15.0 Å². The smallest absolute Gasteiger partial charge is 0.335 e. The summed E-state index contributed by atoms with van der Waals surface area (Å²) in [5.41, 5.74) is 5.02. The summed E-state index contributed by atoms with van der Waals surface area (Å²) < 4.78 is 36.5. The van der Waals surface area contributed by atoms with Crippen LogP contribution in [0.3, 0.4) is 0 Å². The molecule has 1 aliphatic heterocycles. The Hall–Kier alpha value is -3.32. The number of hydrogen-bond donors (Lipinski definition) is 4. The minimum absolute atomic E-state index is 0.0505. The summed E-state index contributed by atoms with van der Waals surface area (Å²) >= 11 is 0.755. The molecule has 3 rings (SSSR count). The predicted octanol–water partition coefficient (Wildman–Crippen LogP) is 2.21. The number of carboxylic acids is 1. The quantitative estimate of drug-likeness (QED) is 0.379. The Morgan fingerprint density at radius 1 is 1.36 bits per heavy atom. The lowest BCUT2D eigenvalue weighted by atomic mass is 10.1. The van der Waals surface area contributed by atoms with Crippen LogP contribution in [0.5, 0.6) is 5.88 Å². The van der Waals surface area contributed by atoms with Gasteiger partial charge in [-0.1, -0.05) is 0 Å². The first-order valence-corrected chi connectivity index (χ1v) is 10.9. The lowest BCUT2D eigenvalue weighted by molar-refractivity contribution is 0.0696. The van der Waals surface area contributed by atoms with Gasteiger partial charge in [-0.2, -0.15) is 4.37 Å². The zero-order chi connectivity index (χ0) is 24.0. The molecule has 0 bridgehead atoms. The van der Waals surface area contributed by atoms with Crippen LogP contribution < -0.4 is 21.1 Å². The van der Waals surface area contributed by atoms with Gasteiger partial charge in [0.2, 0.25) is 5.88 Å². The van der Waals surface area contributed by atoms with Crippen molar-refractivity contribution in [1.82, 2.24) is 14.6 Å². The van der Waals surface area contributed by atoms with Gasteiger partial charge in [0.15, 0.2) is 0 Å². The number of ether oxygens (including phenoxy) is 1. The molecule has 1 aliphatic rings. The number of carbonyl (C=O) groups is 3. The van der Waals surface area contributed by atoms with E-state index in [1.165, 1.54) is 0 Å². The fourth-order valence-corrected chi connectivity index (χ4v) is 4.02. The number of nitrogens with zero attached hydrogens (tertiary/aromatic N) is 2. The van der Waals surface area contributed by atoms with Gasteiger partial charge in [-0.05, 0) is 49.1 Å². The lowest BCUT2D eigenvalue weighted by Crippen LogP contribution is -2.32. The zero-order valence-electron chi connectivity index (χ0n) is 17.5. The van der Waals surface area contributed by atoms with E-state index in [0.29, 0.717) is 39.0 Å². The van der Waals surface area contributed by atoms with E-state index in [0.717, 1.165) is 29.7 Å². The van der Waals surface area contributed by atoms with Crippen LogP contribution in [-0.4, -0.2) is 64.6 Å². The van der Waals surface area contributed by atoms with E-state index in [1.54, 1.807) is 0 Å². The van der Waals surface area contributed by atoms with Gasteiger partial charge in [0.1, 0.15) is 29.2 Å². The number of primary amides is 1. The molecular formula is C20H23F2N5O5S. The Balaban J connectivity index is 1.55. The van der Waals surface area contributed by atoms with Crippen molar-refractivity contribution < 1.29 is 33.0 Å². The van der Waals surface area contributed by atoms with Gasteiger partial charge >= 0.3 is 12.0 Å². The third-order valence-corrected chi connectivity index (χ3v) is 5.69. The summed E-state index contributed by atoms with van der Waals surface area (Å²) in [6, 6.07) is 2.63. The second kappa shape index (κ2) is 11.0. The SMILES string of the molecule is NC(=O)c1c(OCc2cc(C(=O)O)ccc2F)nsc1NC(=O)NCCCN1CC[C@H](F)C1. The van der Waals surface area contributed by atoms with Gasteiger partial charge in [-0.15, -0.1) is 0 Å². The number of urea groups is 1. The number of nitrogens with two attached hydrogens (primary N) is 1. The maximum atomic E-state index is 14.0. The fourth-order valence-electron chi connectivity index (χ4n) is 3.28. The molecule has 1 saturated heterocycles. The molecule has 13 heteroatoms. The summed E-state index contributed by atoms with van der Waals surface area (Å²) in [6.45, 7) is 1.70. The van der Waals surface area contributed by atoms with Gasteiger partial charge in [0.05, 0.1) is 5.56 Å². The van der Waals surface area contributed by atoms with E-state index in [1.807, 2.05) is 4.90 Å². The van der Waals surface area contributed by atoms with Gasteiger partial charge in [-0.25, -0.2) is 18.4 Å². The van der Waals surface area contributed by atoms with Crippen LogP contribution in [0.1, 0.15) is 39.1 Å². The second-order valence-electron chi connectivity index (χ2n) is 7.38. The molecule has 10 nitrogen and oxygen atoms in total. The molecule has 0 unspecified atom stereocenters. The Morgan fingerprint density at radius 3 is 2.82 bits per heavy atom. The topological polar surface area (TPSA) is 147 Å². The first kappa shape index (κ1) is 24.3. The highest BCUT2D eigenvalue weighted by Crippen LogP contribution is 2.31. The van der Waals surface area contributed by atoms with Crippen LogP contribution in [-0.2, 0) is 6.61 Å². The number of hydrogen-bond acceptors (Lipinski definition) is 7. The largest absolute Gasteiger partial charge is 0.478 e. The fraction of sp³-hybridized carbons (Fsp3) is 0.400. The zero-order valence-corrected chi connectivity index (χ0v) is 18.3. The number of halogens is 2. The molecule has 1 aromatic heterocycles. The van der Waals surface area contributed by atoms with Crippen LogP contribution in [0.2, 0.25) is 0 Å². The Bertz CT molecular complexity index is 1030.